The molecule has 4 aromatic rings. The number of aromatic nitrogens is 1. The van der Waals surface area contributed by atoms with Crippen LogP contribution in [0.15, 0.2) is 90.1 Å². The van der Waals surface area contributed by atoms with Crippen molar-refractivity contribution < 1.29 is 18.0 Å². The number of halogens is 1. The van der Waals surface area contributed by atoms with Crippen molar-refractivity contribution in [3.8, 4) is 11.1 Å². The minimum absolute atomic E-state index is 0.0214. The Balaban J connectivity index is 1.31. The summed E-state index contributed by atoms with van der Waals surface area (Å²) in [5.41, 5.74) is 2.25. The molecule has 1 aliphatic rings. The van der Waals surface area contributed by atoms with Gasteiger partial charge in [-0.25, -0.2) is 8.42 Å². The Morgan fingerprint density at radius 3 is 2.20 bits per heavy atom. The Labute approximate surface area is 207 Å². The summed E-state index contributed by atoms with van der Waals surface area (Å²) in [6.45, 7) is -0.401. The van der Waals surface area contributed by atoms with E-state index < -0.39 is 28.4 Å². The molecule has 3 aromatic carbocycles. The van der Waals surface area contributed by atoms with Crippen molar-refractivity contribution in [3.05, 3.63) is 95.8 Å². The maximum absolute atomic E-state index is 13.2. The summed E-state index contributed by atoms with van der Waals surface area (Å²) in [6.07, 6.45) is 3.38. The number of fused-ring (bicyclic) bond motifs is 1. The molecule has 7 nitrogen and oxygen atoms in total. The highest BCUT2D eigenvalue weighted by molar-refractivity contribution is 7.89. The molecule has 1 saturated heterocycles. The standard InChI is InChI=1S/C26H20ClN3O4S/c27-23-7-5-22-16-24(8-6-21(22)15-23)35(33,34)29-13-14-30(25(31)17-29)26(32)20-3-1-18(2-4-20)19-9-11-28-12-10-19/h1-12,15-16H,13-14,17H2. The first-order chi connectivity index (χ1) is 16.8. The van der Waals surface area contributed by atoms with E-state index in [-0.39, 0.29) is 18.0 Å². The number of hydrogen-bond donors (Lipinski definition) is 0. The predicted molar refractivity (Wildman–Crippen MR) is 133 cm³/mol. The zero-order chi connectivity index (χ0) is 24.6. The monoisotopic (exact) mass is 505 g/mol. The van der Waals surface area contributed by atoms with Crippen molar-refractivity contribution in [3.63, 3.8) is 0 Å². The van der Waals surface area contributed by atoms with Crippen LogP contribution in [0.4, 0.5) is 0 Å². The second-order valence-electron chi connectivity index (χ2n) is 8.16. The topological polar surface area (TPSA) is 87.7 Å². The third-order valence-electron chi connectivity index (χ3n) is 5.99. The van der Waals surface area contributed by atoms with E-state index in [9.17, 15) is 18.0 Å². The molecule has 1 aromatic heterocycles. The molecular formula is C26H20ClN3O4S. The fourth-order valence-corrected chi connectivity index (χ4v) is 5.68. The summed E-state index contributed by atoms with van der Waals surface area (Å²) in [5, 5.41) is 2.11. The fourth-order valence-electron chi connectivity index (χ4n) is 4.08. The summed E-state index contributed by atoms with van der Waals surface area (Å²) in [5.74, 6) is -1.01. The molecule has 2 heterocycles. The van der Waals surface area contributed by atoms with Crippen LogP contribution in [0.2, 0.25) is 5.02 Å². The van der Waals surface area contributed by atoms with Crippen LogP contribution < -0.4 is 0 Å². The van der Waals surface area contributed by atoms with E-state index in [4.69, 9.17) is 11.6 Å². The van der Waals surface area contributed by atoms with Crippen LogP contribution in [0.1, 0.15) is 10.4 Å². The van der Waals surface area contributed by atoms with Gasteiger partial charge in [-0.2, -0.15) is 4.31 Å². The predicted octanol–water partition coefficient (Wildman–Crippen LogP) is 4.23. The van der Waals surface area contributed by atoms with Crippen molar-refractivity contribution in [1.29, 1.82) is 0 Å². The maximum atomic E-state index is 13.2. The number of hydrogen-bond acceptors (Lipinski definition) is 5. The third kappa shape index (κ3) is 4.55. The molecule has 5 rings (SSSR count). The minimum Gasteiger partial charge on any atom is -0.276 e. The van der Waals surface area contributed by atoms with E-state index in [0.29, 0.717) is 10.6 Å². The van der Waals surface area contributed by atoms with Gasteiger partial charge in [-0.3, -0.25) is 19.5 Å². The number of rotatable bonds is 4. The molecular weight excluding hydrogens is 486 g/mol. The molecule has 0 unspecified atom stereocenters. The van der Waals surface area contributed by atoms with E-state index >= 15 is 0 Å². The number of nitrogens with zero attached hydrogens (tertiary/aromatic N) is 3. The van der Waals surface area contributed by atoms with Crippen LogP contribution in [0.3, 0.4) is 0 Å². The summed E-state index contributed by atoms with van der Waals surface area (Å²) in [4.78, 5) is 31.0. The summed E-state index contributed by atoms with van der Waals surface area (Å²) >= 11 is 6.01. The molecule has 0 bridgehead atoms. The highest BCUT2D eigenvalue weighted by Gasteiger charge is 2.35. The molecule has 0 saturated carbocycles. The van der Waals surface area contributed by atoms with Crippen molar-refractivity contribution >= 4 is 44.2 Å². The lowest BCUT2D eigenvalue weighted by atomic mass is 10.0. The van der Waals surface area contributed by atoms with Gasteiger partial charge < -0.3 is 0 Å². The van der Waals surface area contributed by atoms with Gasteiger partial charge in [0, 0.05) is 36.1 Å². The molecule has 0 radical (unpaired) electrons. The van der Waals surface area contributed by atoms with E-state index in [1.165, 1.54) is 6.07 Å². The molecule has 176 valence electrons. The number of piperazine rings is 1. The van der Waals surface area contributed by atoms with Crippen LogP contribution in [0.25, 0.3) is 21.9 Å². The van der Waals surface area contributed by atoms with Crippen LogP contribution in [-0.2, 0) is 14.8 Å². The quantitative estimate of drug-likeness (QED) is 0.387. The van der Waals surface area contributed by atoms with Gasteiger partial charge in [0.05, 0.1) is 11.4 Å². The lowest BCUT2D eigenvalue weighted by molar-refractivity contribution is -0.131. The van der Waals surface area contributed by atoms with Gasteiger partial charge in [0.2, 0.25) is 15.9 Å². The van der Waals surface area contributed by atoms with Gasteiger partial charge in [0.15, 0.2) is 0 Å². The number of pyridine rings is 1. The second-order valence-corrected chi connectivity index (χ2v) is 10.5. The van der Waals surface area contributed by atoms with Gasteiger partial charge in [-0.15, -0.1) is 0 Å². The second kappa shape index (κ2) is 9.22. The van der Waals surface area contributed by atoms with E-state index in [1.807, 2.05) is 12.1 Å². The number of amides is 2. The number of imide groups is 1. The minimum atomic E-state index is -3.91. The van der Waals surface area contributed by atoms with E-state index in [2.05, 4.69) is 4.98 Å². The molecule has 0 N–H and O–H groups in total. The first-order valence-electron chi connectivity index (χ1n) is 10.9. The smallest absolute Gasteiger partial charge is 0.260 e. The summed E-state index contributed by atoms with van der Waals surface area (Å²) < 4.78 is 27.5. The molecule has 1 fully saturated rings. The lowest BCUT2D eigenvalue weighted by Crippen LogP contribution is -2.54. The average Bonchev–Trinajstić information content (AvgIpc) is 2.88. The van der Waals surface area contributed by atoms with Gasteiger partial charge in [0.1, 0.15) is 0 Å². The first-order valence-corrected chi connectivity index (χ1v) is 12.7. The molecule has 9 heteroatoms. The Kier molecular flexibility index (Phi) is 6.10. The van der Waals surface area contributed by atoms with Crippen molar-refractivity contribution in [2.75, 3.05) is 19.6 Å². The summed E-state index contributed by atoms with van der Waals surface area (Å²) in [6, 6.07) is 20.6. The Hall–Kier alpha value is -3.59. The van der Waals surface area contributed by atoms with Crippen LogP contribution in [-0.4, -0.2) is 54.1 Å². The van der Waals surface area contributed by atoms with Gasteiger partial charge >= 0.3 is 0 Å². The zero-order valence-corrected chi connectivity index (χ0v) is 20.0. The molecule has 0 spiro atoms. The van der Waals surface area contributed by atoms with Gasteiger partial charge in [-0.1, -0.05) is 35.9 Å². The lowest BCUT2D eigenvalue weighted by Gasteiger charge is -2.32. The molecule has 35 heavy (non-hydrogen) atoms. The number of sulfonamides is 1. The SMILES string of the molecule is O=C1CN(S(=O)(=O)c2ccc3cc(Cl)ccc3c2)CCN1C(=O)c1ccc(-c2ccncc2)cc1. The fraction of sp³-hybridized carbons (Fsp3) is 0.115. The molecule has 1 aliphatic heterocycles. The Morgan fingerprint density at radius 2 is 1.49 bits per heavy atom. The molecule has 0 aliphatic carbocycles. The van der Waals surface area contributed by atoms with Crippen LogP contribution >= 0.6 is 11.6 Å². The summed E-state index contributed by atoms with van der Waals surface area (Å²) in [7, 11) is -3.91. The molecule has 0 atom stereocenters. The number of benzene rings is 3. The number of carbonyl (C=O) groups excluding carboxylic acids is 2. The Morgan fingerprint density at radius 1 is 0.829 bits per heavy atom. The Bertz CT molecular complexity index is 1540. The van der Waals surface area contributed by atoms with Crippen molar-refractivity contribution in [2.24, 2.45) is 0 Å². The largest absolute Gasteiger partial charge is 0.276 e. The highest BCUT2D eigenvalue weighted by atomic mass is 35.5. The van der Waals surface area contributed by atoms with Gasteiger partial charge in [0.25, 0.3) is 5.91 Å². The maximum Gasteiger partial charge on any atom is 0.260 e. The normalized spacial score (nSPS) is 14.9. The third-order valence-corrected chi connectivity index (χ3v) is 8.06. The van der Waals surface area contributed by atoms with Crippen LogP contribution in [0, 0.1) is 0 Å². The number of carbonyl (C=O) groups is 2. The van der Waals surface area contributed by atoms with Gasteiger partial charge in [-0.05, 0) is 70.4 Å². The van der Waals surface area contributed by atoms with E-state index in [0.717, 1.165) is 31.1 Å². The highest BCUT2D eigenvalue weighted by Crippen LogP contribution is 2.26. The van der Waals surface area contributed by atoms with Crippen molar-refractivity contribution in [2.45, 2.75) is 4.90 Å². The van der Waals surface area contributed by atoms with E-state index in [1.54, 1.807) is 67.0 Å². The average molecular weight is 506 g/mol. The van der Waals surface area contributed by atoms with Crippen molar-refractivity contribution in [1.82, 2.24) is 14.2 Å². The first kappa shape index (κ1) is 23.2. The van der Waals surface area contributed by atoms with Crippen LogP contribution in [0.5, 0.6) is 0 Å². The zero-order valence-electron chi connectivity index (χ0n) is 18.5. The molecule has 2 amide bonds.